The summed E-state index contributed by atoms with van der Waals surface area (Å²) in [6.45, 7) is 1.39. The van der Waals surface area contributed by atoms with Crippen molar-refractivity contribution in [1.82, 2.24) is 0 Å². The van der Waals surface area contributed by atoms with Crippen molar-refractivity contribution in [2.45, 2.75) is 17.1 Å². The van der Waals surface area contributed by atoms with E-state index in [0.717, 1.165) is 0 Å². The molecule has 0 bridgehead atoms. The first kappa shape index (κ1) is 13.9. The van der Waals surface area contributed by atoms with Crippen LogP contribution in [0, 0.1) is 0 Å². The Balaban J connectivity index is 3.29. The third-order valence-electron chi connectivity index (χ3n) is 2.11. The number of amides is 1. The standard InChI is InChI=1S/C10H10BrNO4S/c1-5(9(12)13)17(16)8-4-6(11)2-3-7(8)10(14)15/h2-5H,1H3,(H2,12,13)(H,14,15). The van der Waals surface area contributed by atoms with Crippen molar-refractivity contribution < 1.29 is 18.9 Å². The van der Waals surface area contributed by atoms with Crippen molar-refractivity contribution in [1.29, 1.82) is 0 Å². The Kier molecular flexibility index (Phi) is 4.41. The van der Waals surface area contributed by atoms with Crippen molar-refractivity contribution >= 4 is 38.6 Å². The Morgan fingerprint density at radius 2 is 2.06 bits per heavy atom. The number of rotatable bonds is 4. The number of carboxylic acids is 1. The van der Waals surface area contributed by atoms with Crippen LogP contribution in [0.3, 0.4) is 0 Å². The van der Waals surface area contributed by atoms with Crippen LogP contribution in [0.2, 0.25) is 0 Å². The van der Waals surface area contributed by atoms with Crippen LogP contribution in [0.15, 0.2) is 27.6 Å². The summed E-state index contributed by atoms with van der Waals surface area (Å²) in [4.78, 5) is 22.0. The average molecular weight is 320 g/mol. The minimum atomic E-state index is -1.79. The largest absolute Gasteiger partial charge is 0.478 e. The number of carboxylic acid groups (broad SMARTS) is 1. The number of halogens is 1. The first-order valence-corrected chi connectivity index (χ1v) is 6.58. The molecule has 0 aliphatic carbocycles. The highest BCUT2D eigenvalue weighted by Crippen LogP contribution is 2.22. The van der Waals surface area contributed by atoms with Gasteiger partial charge in [-0.3, -0.25) is 9.00 Å². The second-order valence-corrected chi connectivity index (χ2v) is 5.95. The molecule has 0 fully saturated rings. The van der Waals surface area contributed by atoms with E-state index in [-0.39, 0.29) is 10.5 Å². The lowest BCUT2D eigenvalue weighted by molar-refractivity contribution is -0.117. The van der Waals surface area contributed by atoms with Crippen LogP contribution >= 0.6 is 15.9 Å². The number of nitrogens with two attached hydrogens (primary N) is 1. The number of primary amides is 1. The minimum absolute atomic E-state index is 0.0816. The summed E-state index contributed by atoms with van der Waals surface area (Å²) in [7, 11) is -1.79. The summed E-state index contributed by atoms with van der Waals surface area (Å²) < 4.78 is 12.6. The van der Waals surface area contributed by atoms with Gasteiger partial charge in [0.05, 0.1) is 21.3 Å². The van der Waals surface area contributed by atoms with E-state index in [9.17, 15) is 13.8 Å². The fraction of sp³-hybridized carbons (Fsp3) is 0.200. The fourth-order valence-electron chi connectivity index (χ4n) is 1.14. The van der Waals surface area contributed by atoms with Gasteiger partial charge >= 0.3 is 5.97 Å². The smallest absolute Gasteiger partial charge is 0.336 e. The normalized spacial score (nSPS) is 14.0. The second kappa shape index (κ2) is 5.42. The van der Waals surface area contributed by atoms with Gasteiger partial charge < -0.3 is 10.8 Å². The van der Waals surface area contributed by atoms with Crippen LogP contribution in [0.5, 0.6) is 0 Å². The Morgan fingerprint density at radius 3 is 2.53 bits per heavy atom. The molecule has 7 heteroatoms. The summed E-state index contributed by atoms with van der Waals surface area (Å²) in [6, 6.07) is 4.27. The second-order valence-electron chi connectivity index (χ2n) is 3.29. The van der Waals surface area contributed by atoms with E-state index in [0.29, 0.717) is 4.47 Å². The van der Waals surface area contributed by atoms with Gasteiger partial charge in [0.2, 0.25) is 5.91 Å². The predicted molar refractivity (Wildman–Crippen MR) is 66.2 cm³/mol. The molecule has 5 nitrogen and oxygen atoms in total. The number of carbonyl (C=O) groups is 2. The molecule has 2 unspecified atom stereocenters. The topological polar surface area (TPSA) is 97.5 Å². The highest BCUT2D eigenvalue weighted by Gasteiger charge is 2.23. The molecule has 0 aromatic heterocycles. The van der Waals surface area contributed by atoms with Crippen LogP contribution in [-0.2, 0) is 15.6 Å². The molecular formula is C10H10BrNO4S. The Bertz CT molecular complexity index is 503. The number of hydrogen-bond acceptors (Lipinski definition) is 3. The molecule has 2 atom stereocenters. The summed E-state index contributed by atoms with van der Waals surface area (Å²) in [5.41, 5.74) is 4.95. The molecule has 0 aliphatic heterocycles. The first-order chi connectivity index (χ1) is 7.84. The molecule has 1 aromatic rings. The van der Waals surface area contributed by atoms with Gasteiger partial charge in [-0.15, -0.1) is 0 Å². The van der Waals surface area contributed by atoms with Crippen LogP contribution in [0.1, 0.15) is 17.3 Å². The molecule has 92 valence electrons. The summed E-state index contributed by atoms with van der Waals surface area (Å²) >= 11 is 3.16. The van der Waals surface area contributed by atoms with Gasteiger partial charge in [0.15, 0.2) is 0 Å². The van der Waals surface area contributed by atoms with Crippen molar-refractivity contribution in [2.24, 2.45) is 5.73 Å². The number of benzene rings is 1. The number of carbonyl (C=O) groups excluding carboxylic acids is 1. The van der Waals surface area contributed by atoms with Crippen LogP contribution < -0.4 is 5.73 Å². The molecule has 3 N–H and O–H groups in total. The summed E-state index contributed by atoms with van der Waals surface area (Å²) in [5.74, 6) is -1.93. The van der Waals surface area contributed by atoms with E-state index < -0.39 is 27.9 Å². The van der Waals surface area contributed by atoms with Crippen LogP contribution in [0.4, 0.5) is 0 Å². The minimum Gasteiger partial charge on any atom is -0.478 e. The van der Waals surface area contributed by atoms with Crippen molar-refractivity contribution in [3.63, 3.8) is 0 Å². The quantitative estimate of drug-likeness (QED) is 0.869. The molecular weight excluding hydrogens is 310 g/mol. The molecule has 1 amide bonds. The fourth-order valence-corrected chi connectivity index (χ4v) is 2.85. The predicted octanol–water partition coefficient (Wildman–Crippen LogP) is 1.13. The molecule has 0 spiro atoms. The zero-order valence-electron chi connectivity index (χ0n) is 8.84. The van der Waals surface area contributed by atoms with Gasteiger partial charge in [-0.05, 0) is 25.1 Å². The van der Waals surface area contributed by atoms with Crippen LogP contribution in [-0.4, -0.2) is 26.4 Å². The lowest BCUT2D eigenvalue weighted by Gasteiger charge is -2.10. The molecule has 1 aromatic carbocycles. The van der Waals surface area contributed by atoms with Crippen molar-refractivity contribution in [3.8, 4) is 0 Å². The van der Waals surface area contributed by atoms with E-state index in [1.807, 2.05) is 0 Å². The van der Waals surface area contributed by atoms with Crippen molar-refractivity contribution in [2.75, 3.05) is 0 Å². The van der Waals surface area contributed by atoms with Gasteiger partial charge in [0, 0.05) is 4.47 Å². The van der Waals surface area contributed by atoms with E-state index >= 15 is 0 Å². The Hall–Kier alpha value is -1.21. The van der Waals surface area contributed by atoms with Gasteiger partial charge in [-0.2, -0.15) is 0 Å². The Labute approximate surface area is 109 Å². The zero-order chi connectivity index (χ0) is 13.2. The maximum atomic E-state index is 12.0. The van der Waals surface area contributed by atoms with E-state index in [4.69, 9.17) is 10.8 Å². The van der Waals surface area contributed by atoms with Gasteiger partial charge in [0.1, 0.15) is 5.25 Å². The average Bonchev–Trinajstić information content (AvgIpc) is 2.26. The van der Waals surface area contributed by atoms with E-state index in [1.54, 1.807) is 0 Å². The lowest BCUT2D eigenvalue weighted by Crippen LogP contribution is -2.30. The highest BCUT2D eigenvalue weighted by molar-refractivity contribution is 9.10. The maximum absolute atomic E-state index is 12.0. The van der Waals surface area contributed by atoms with E-state index in [1.165, 1.54) is 25.1 Å². The lowest BCUT2D eigenvalue weighted by atomic mass is 10.2. The summed E-state index contributed by atoms with van der Waals surface area (Å²) in [5, 5.41) is 8.02. The van der Waals surface area contributed by atoms with Gasteiger partial charge in [-0.25, -0.2) is 4.79 Å². The molecule has 1 rings (SSSR count). The maximum Gasteiger partial charge on any atom is 0.336 e. The highest BCUT2D eigenvalue weighted by atomic mass is 79.9. The first-order valence-electron chi connectivity index (χ1n) is 4.57. The van der Waals surface area contributed by atoms with Crippen LogP contribution in [0.25, 0.3) is 0 Å². The zero-order valence-corrected chi connectivity index (χ0v) is 11.2. The molecule has 0 radical (unpaired) electrons. The van der Waals surface area contributed by atoms with Crippen molar-refractivity contribution in [3.05, 3.63) is 28.2 Å². The molecule has 0 aliphatic rings. The monoisotopic (exact) mass is 319 g/mol. The van der Waals surface area contributed by atoms with Gasteiger partial charge in [-0.1, -0.05) is 15.9 Å². The SMILES string of the molecule is CC(C(N)=O)S(=O)c1cc(Br)ccc1C(=O)O. The molecule has 17 heavy (non-hydrogen) atoms. The third-order valence-corrected chi connectivity index (χ3v) is 4.25. The molecule has 0 heterocycles. The summed E-state index contributed by atoms with van der Waals surface area (Å²) in [6.07, 6.45) is 0. The number of aromatic carboxylic acids is 1. The Morgan fingerprint density at radius 1 is 1.47 bits per heavy atom. The number of hydrogen-bond donors (Lipinski definition) is 2. The van der Waals surface area contributed by atoms with Gasteiger partial charge in [0.25, 0.3) is 0 Å². The van der Waals surface area contributed by atoms with E-state index in [2.05, 4.69) is 15.9 Å². The third kappa shape index (κ3) is 3.13. The molecule has 0 saturated carbocycles. The molecule has 0 saturated heterocycles.